The van der Waals surface area contributed by atoms with E-state index in [0.29, 0.717) is 0 Å². The number of allylic oxidation sites excluding steroid dienone is 2. The minimum Gasteiger partial charge on any atom is -0.303 e. The van der Waals surface area contributed by atoms with Crippen molar-refractivity contribution in [2.75, 3.05) is 0 Å². The molecule has 3 atom stereocenters. The number of unbranched alkanes of at least 4 members (excludes halogenated alkanes) is 4. The first-order valence-electron chi connectivity index (χ1n) is 6.52. The highest BCUT2D eigenvalue weighted by molar-refractivity contribution is 5.48. The van der Waals surface area contributed by atoms with Gasteiger partial charge in [-0.05, 0) is 43.4 Å². The van der Waals surface area contributed by atoms with Crippen LogP contribution in [0, 0.1) is 17.8 Å². The summed E-state index contributed by atoms with van der Waals surface area (Å²) in [4.78, 5) is 10.1. The van der Waals surface area contributed by atoms with Crippen LogP contribution in [0.2, 0.25) is 0 Å². The molecule has 1 saturated carbocycles. The number of hydrogen-bond donors (Lipinski definition) is 0. The van der Waals surface area contributed by atoms with E-state index in [2.05, 4.69) is 12.2 Å². The molecule has 0 aromatic heterocycles. The van der Waals surface area contributed by atoms with Crippen LogP contribution in [0.5, 0.6) is 0 Å². The Bertz CT molecular complexity index is 231. The Morgan fingerprint density at radius 2 is 1.93 bits per heavy atom. The van der Waals surface area contributed by atoms with Crippen molar-refractivity contribution < 1.29 is 4.79 Å². The molecule has 0 radical (unpaired) electrons. The van der Waals surface area contributed by atoms with Gasteiger partial charge in [0.15, 0.2) is 0 Å². The summed E-state index contributed by atoms with van der Waals surface area (Å²) in [6, 6.07) is 0. The Kier molecular flexibility index (Phi) is 3.99. The van der Waals surface area contributed by atoms with Crippen molar-refractivity contribution in [1.29, 1.82) is 0 Å². The van der Waals surface area contributed by atoms with E-state index in [1.54, 1.807) is 0 Å². The van der Waals surface area contributed by atoms with Gasteiger partial charge in [0.1, 0.15) is 6.29 Å². The van der Waals surface area contributed by atoms with E-state index < -0.39 is 0 Å². The third kappa shape index (κ3) is 2.93. The molecule has 0 amide bonds. The molecule has 0 aromatic carbocycles. The fourth-order valence-electron chi connectivity index (χ4n) is 3.21. The molecule has 2 aliphatic carbocycles. The minimum atomic E-state index is 0.761. The first-order chi connectivity index (χ1) is 7.40. The highest BCUT2D eigenvalue weighted by Crippen LogP contribution is 2.45. The van der Waals surface area contributed by atoms with Gasteiger partial charge in [-0.15, -0.1) is 0 Å². The second-order valence-corrected chi connectivity index (χ2v) is 5.20. The summed E-state index contributed by atoms with van der Waals surface area (Å²) in [7, 11) is 0. The van der Waals surface area contributed by atoms with Gasteiger partial charge < -0.3 is 4.79 Å². The molecule has 15 heavy (non-hydrogen) atoms. The predicted octanol–water partition coefficient (Wildman–Crippen LogP) is 3.74. The molecule has 2 bridgehead atoms. The van der Waals surface area contributed by atoms with Crippen molar-refractivity contribution >= 4 is 6.29 Å². The van der Waals surface area contributed by atoms with Crippen molar-refractivity contribution in [3.63, 3.8) is 0 Å². The Labute approximate surface area is 92.9 Å². The quantitative estimate of drug-likeness (QED) is 0.352. The second-order valence-electron chi connectivity index (χ2n) is 5.20. The molecular weight excluding hydrogens is 184 g/mol. The smallest absolute Gasteiger partial charge is 0.119 e. The maximum absolute atomic E-state index is 10.1. The van der Waals surface area contributed by atoms with Gasteiger partial charge in [0.25, 0.3) is 0 Å². The average molecular weight is 206 g/mol. The fraction of sp³-hybridized carbons (Fsp3) is 0.786. The van der Waals surface area contributed by atoms with Gasteiger partial charge in [-0.1, -0.05) is 31.4 Å². The molecular formula is C14H22O. The average Bonchev–Trinajstić information content (AvgIpc) is 2.85. The van der Waals surface area contributed by atoms with Crippen LogP contribution in [0.3, 0.4) is 0 Å². The van der Waals surface area contributed by atoms with Crippen LogP contribution in [0.15, 0.2) is 12.2 Å². The van der Waals surface area contributed by atoms with Crippen LogP contribution in [0.25, 0.3) is 0 Å². The molecule has 0 heterocycles. The van der Waals surface area contributed by atoms with E-state index >= 15 is 0 Å². The molecule has 84 valence electrons. The molecule has 3 unspecified atom stereocenters. The summed E-state index contributed by atoms with van der Waals surface area (Å²) < 4.78 is 0. The molecule has 0 spiro atoms. The van der Waals surface area contributed by atoms with Crippen molar-refractivity contribution in [2.24, 2.45) is 17.8 Å². The summed E-state index contributed by atoms with van der Waals surface area (Å²) >= 11 is 0. The van der Waals surface area contributed by atoms with Gasteiger partial charge in [-0.2, -0.15) is 0 Å². The first-order valence-corrected chi connectivity index (χ1v) is 6.52. The second kappa shape index (κ2) is 5.48. The van der Waals surface area contributed by atoms with Crippen LogP contribution in [-0.4, -0.2) is 6.29 Å². The number of aldehydes is 1. The molecule has 2 rings (SSSR count). The van der Waals surface area contributed by atoms with Gasteiger partial charge in [0.05, 0.1) is 0 Å². The highest BCUT2D eigenvalue weighted by Gasteiger charge is 2.34. The fourth-order valence-corrected chi connectivity index (χ4v) is 3.21. The van der Waals surface area contributed by atoms with E-state index in [-0.39, 0.29) is 0 Å². The maximum atomic E-state index is 10.1. The summed E-state index contributed by atoms with van der Waals surface area (Å²) in [5.41, 5.74) is 0. The molecule has 0 aromatic rings. The Balaban J connectivity index is 1.52. The molecule has 1 fully saturated rings. The van der Waals surface area contributed by atoms with Gasteiger partial charge in [-0.25, -0.2) is 0 Å². The summed E-state index contributed by atoms with van der Waals surface area (Å²) in [5.74, 6) is 2.84. The largest absolute Gasteiger partial charge is 0.303 e. The van der Waals surface area contributed by atoms with E-state index in [9.17, 15) is 4.79 Å². The summed E-state index contributed by atoms with van der Waals surface area (Å²) in [6.07, 6.45) is 16.0. The summed E-state index contributed by atoms with van der Waals surface area (Å²) in [5, 5.41) is 0. The lowest BCUT2D eigenvalue weighted by molar-refractivity contribution is -0.107. The monoisotopic (exact) mass is 206 g/mol. The molecule has 0 aliphatic heterocycles. The van der Waals surface area contributed by atoms with Crippen molar-refractivity contribution in [1.82, 2.24) is 0 Å². The molecule has 0 N–H and O–H groups in total. The van der Waals surface area contributed by atoms with E-state index in [1.165, 1.54) is 38.5 Å². The van der Waals surface area contributed by atoms with E-state index in [0.717, 1.165) is 36.9 Å². The third-order valence-corrected chi connectivity index (χ3v) is 4.06. The van der Waals surface area contributed by atoms with Crippen LogP contribution < -0.4 is 0 Å². The molecule has 1 heteroatoms. The molecule has 1 nitrogen and oxygen atoms in total. The highest BCUT2D eigenvalue weighted by atomic mass is 16.1. The van der Waals surface area contributed by atoms with E-state index in [4.69, 9.17) is 0 Å². The van der Waals surface area contributed by atoms with Crippen molar-refractivity contribution in [3.05, 3.63) is 12.2 Å². The first kappa shape index (κ1) is 10.9. The number of hydrogen-bond acceptors (Lipinski definition) is 1. The lowest BCUT2D eigenvalue weighted by atomic mass is 9.88. The Hall–Kier alpha value is -0.590. The standard InChI is InChI=1S/C14H22O/c15-9-5-3-1-2-4-6-13-10-12-7-8-14(13)11-12/h7-9,12-14H,1-6,10-11H2. The predicted molar refractivity (Wildman–Crippen MR) is 62.6 cm³/mol. The lowest BCUT2D eigenvalue weighted by Gasteiger charge is -2.17. The van der Waals surface area contributed by atoms with Gasteiger partial charge in [0.2, 0.25) is 0 Å². The Morgan fingerprint density at radius 1 is 1.07 bits per heavy atom. The van der Waals surface area contributed by atoms with Gasteiger partial charge >= 0.3 is 0 Å². The van der Waals surface area contributed by atoms with Crippen LogP contribution in [0.1, 0.15) is 51.4 Å². The van der Waals surface area contributed by atoms with Crippen molar-refractivity contribution in [3.8, 4) is 0 Å². The SMILES string of the molecule is O=CCCCCCCC1CC2C=CC1C2. The molecule has 2 aliphatic rings. The number of carbonyl (C=O) groups is 1. The summed E-state index contributed by atoms with van der Waals surface area (Å²) in [6.45, 7) is 0. The number of rotatable bonds is 7. The van der Waals surface area contributed by atoms with Crippen molar-refractivity contribution in [2.45, 2.75) is 51.4 Å². The maximum Gasteiger partial charge on any atom is 0.119 e. The molecule has 0 saturated heterocycles. The Morgan fingerprint density at radius 3 is 2.60 bits per heavy atom. The lowest BCUT2D eigenvalue weighted by Crippen LogP contribution is -2.06. The van der Waals surface area contributed by atoms with Gasteiger partial charge in [0, 0.05) is 6.42 Å². The van der Waals surface area contributed by atoms with Gasteiger partial charge in [-0.3, -0.25) is 0 Å². The zero-order chi connectivity index (χ0) is 10.5. The number of carbonyl (C=O) groups excluding carboxylic acids is 1. The van der Waals surface area contributed by atoms with E-state index in [1.807, 2.05) is 0 Å². The number of fused-ring (bicyclic) bond motifs is 2. The normalized spacial score (nSPS) is 32.4. The van der Waals surface area contributed by atoms with Crippen LogP contribution >= 0.6 is 0 Å². The third-order valence-electron chi connectivity index (χ3n) is 4.06. The zero-order valence-electron chi connectivity index (χ0n) is 9.53. The van der Waals surface area contributed by atoms with Crippen LogP contribution in [0.4, 0.5) is 0 Å². The zero-order valence-corrected chi connectivity index (χ0v) is 9.53. The topological polar surface area (TPSA) is 17.1 Å². The van der Waals surface area contributed by atoms with Crippen LogP contribution in [-0.2, 0) is 4.79 Å². The minimum absolute atomic E-state index is 0.761.